The predicted octanol–water partition coefficient (Wildman–Crippen LogP) is 5.44. The average molecular weight is 341 g/mol. The summed E-state index contributed by atoms with van der Waals surface area (Å²) in [7, 11) is 0. The van der Waals surface area contributed by atoms with Gasteiger partial charge in [-0.1, -0.05) is 57.7 Å². The SMILES string of the molecule is CC(C)c1nc(CC2CCCC2)c(C(=O)O)cc1-c1ccccc1F. The van der Waals surface area contributed by atoms with Crippen LogP contribution in [-0.4, -0.2) is 16.1 Å². The molecule has 2 aromatic rings. The summed E-state index contributed by atoms with van der Waals surface area (Å²) >= 11 is 0. The monoisotopic (exact) mass is 341 g/mol. The summed E-state index contributed by atoms with van der Waals surface area (Å²) in [5, 5.41) is 9.68. The normalized spacial score (nSPS) is 15.0. The molecule has 1 fully saturated rings. The van der Waals surface area contributed by atoms with Crippen LogP contribution in [0.3, 0.4) is 0 Å². The number of halogens is 1. The first-order valence-electron chi connectivity index (χ1n) is 8.99. The Labute approximate surface area is 147 Å². The molecule has 0 aliphatic heterocycles. The van der Waals surface area contributed by atoms with Crippen LogP contribution in [0.1, 0.15) is 67.2 Å². The predicted molar refractivity (Wildman–Crippen MR) is 96.3 cm³/mol. The molecule has 1 N–H and O–H groups in total. The molecule has 132 valence electrons. The third-order valence-corrected chi connectivity index (χ3v) is 5.03. The molecule has 0 bridgehead atoms. The maximum absolute atomic E-state index is 14.3. The second-order valence-corrected chi connectivity index (χ2v) is 7.21. The Morgan fingerprint density at radius 2 is 1.92 bits per heavy atom. The van der Waals surface area contributed by atoms with Gasteiger partial charge in [-0.05, 0) is 30.4 Å². The van der Waals surface area contributed by atoms with Gasteiger partial charge in [0.15, 0.2) is 0 Å². The minimum absolute atomic E-state index is 0.0831. The Balaban J connectivity index is 2.13. The van der Waals surface area contributed by atoms with Crippen molar-refractivity contribution in [2.75, 3.05) is 0 Å². The van der Waals surface area contributed by atoms with E-state index in [9.17, 15) is 14.3 Å². The van der Waals surface area contributed by atoms with E-state index in [1.165, 1.54) is 18.9 Å². The number of hydrogen-bond donors (Lipinski definition) is 1. The lowest BCUT2D eigenvalue weighted by Gasteiger charge is -2.18. The number of hydrogen-bond acceptors (Lipinski definition) is 2. The molecule has 0 amide bonds. The van der Waals surface area contributed by atoms with Crippen molar-refractivity contribution in [3.05, 3.63) is 53.1 Å². The summed E-state index contributed by atoms with van der Waals surface area (Å²) in [6.45, 7) is 4.01. The van der Waals surface area contributed by atoms with E-state index in [1.807, 2.05) is 13.8 Å². The van der Waals surface area contributed by atoms with Crippen molar-refractivity contribution in [2.45, 2.75) is 51.9 Å². The fraction of sp³-hybridized carbons (Fsp3) is 0.429. The first-order valence-corrected chi connectivity index (χ1v) is 8.99. The Morgan fingerprint density at radius 3 is 2.52 bits per heavy atom. The summed E-state index contributed by atoms with van der Waals surface area (Å²) < 4.78 is 14.3. The molecule has 0 saturated heterocycles. The first kappa shape index (κ1) is 17.6. The number of aromatic nitrogens is 1. The molecule has 25 heavy (non-hydrogen) atoms. The highest BCUT2D eigenvalue weighted by atomic mass is 19.1. The third-order valence-electron chi connectivity index (χ3n) is 5.03. The zero-order valence-electron chi connectivity index (χ0n) is 14.8. The van der Waals surface area contributed by atoms with E-state index >= 15 is 0 Å². The largest absolute Gasteiger partial charge is 0.478 e. The van der Waals surface area contributed by atoms with Crippen LogP contribution in [0.25, 0.3) is 11.1 Å². The van der Waals surface area contributed by atoms with Gasteiger partial charge in [0, 0.05) is 11.1 Å². The third kappa shape index (κ3) is 3.73. The first-order chi connectivity index (χ1) is 12.0. The van der Waals surface area contributed by atoms with Crippen LogP contribution in [0.4, 0.5) is 4.39 Å². The van der Waals surface area contributed by atoms with Crippen molar-refractivity contribution in [3.63, 3.8) is 0 Å². The van der Waals surface area contributed by atoms with Crippen LogP contribution in [-0.2, 0) is 6.42 Å². The van der Waals surface area contributed by atoms with E-state index in [0.29, 0.717) is 29.2 Å². The van der Waals surface area contributed by atoms with Crippen molar-refractivity contribution >= 4 is 5.97 Å². The smallest absolute Gasteiger partial charge is 0.337 e. The lowest BCUT2D eigenvalue weighted by atomic mass is 9.92. The molecule has 4 heteroatoms. The number of aromatic carboxylic acids is 1. The van der Waals surface area contributed by atoms with Crippen molar-refractivity contribution in [1.82, 2.24) is 4.98 Å². The number of benzene rings is 1. The van der Waals surface area contributed by atoms with Gasteiger partial charge in [-0.25, -0.2) is 9.18 Å². The highest BCUT2D eigenvalue weighted by Gasteiger charge is 2.24. The van der Waals surface area contributed by atoms with Gasteiger partial charge in [-0.15, -0.1) is 0 Å². The Kier molecular flexibility index (Phi) is 5.16. The van der Waals surface area contributed by atoms with Crippen molar-refractivity contribution in [1.29, 1.82) is 0 Å². The molecule has 3 rings (SSSR count). The summed E-state index contributed by atoms with van der Waals surface area (Å²) in [6, 6.07) is 8.09. The molecular weight excluding hydrogens is 317 g/mol. The van der Waals surface area contributed by atoms with E-state index in [4.69, 9.17) is 4.98 Å². The molecule has 0 radical (unpaired) electrons. The highest BCUT2D eigenvalue weighted by Crippen LogP contribution is 2.34. The molecule has 1 aromatic heterocycles. The van der Waals surface area contributed by atoms with Crippen molar-refractivity contribution < 1.29 is 14.3 Å². The van der Waals surface area contributed by atoms with E-state index in [0.717, 1.165) is 18.5 Å². The molecule has 1 saturated carbocycles. The summed E-state index contributed by atoms with van der Waals surface area (Å²) in [4.78, 5) is 16.5. The Hall–Kier alpha value is -2.23. The van der Waals surface area contributed by atoms with E-state index in [2.05, 4.69) is 0 Å². The molecule has 3 nitrogen and oxygen atoms in total. The molecule has 0 spiro atoms. The van der Waals surface area contributed by atoms with Gasteiger partial charge in [0.05, 0.1) is 17.0 Å². The Morgan fingerprint density at radius 1 is 1.24 bits per heavy atom. The molecular formula is C21H24FNO2. The van der Waals surface area contributed by atoms with Crippen LogP contribution >= 0.6 is 0 Å². The van der Waals surface area contributed by atoms with Crippen LogP contribution in [0, 0.1) is 11.7 Å². The number of carboxylic acids is 1. The van der Waals surface area contributed by atoms with Crippen LogP contribution in [0.15, 0.2) is 30.3 Å². The van der Waals surface area contributed by atoms with Gasteiger partial charge in [0.25, 0.3) is 0 Å². The standard InChI is InChI=1S/C21H24FNO2/c1-13(2)20-16(15-9-5-6-10-18(15)22)12-17(21(24)25)19(23-20)11-14-7-3-4-8-14/h5-6,9-10,12-14H,3-4,7-8,11H2,1-2H3,(H,24,25). The molecule has 1 aromatic carbocycles. The van der Waals surface area contributed by atoms with Crippen LogP contribution in [0.2, 0.25) is 0 Å². The maximum atomic E-state index is 14.3. The molecule has 1 heterocycles. The second-order valence-electron chi connectivity index (χ2n) is 7.21. The zero-order chi connectivity index (χ0) is 18.0. The average Bonchev–Trinajstić information content (AvgIpc) is 3.08. The number of nitrogens with zero attached hydrogens (tertiary/aromatic N) is 1. The van der Waals surface area contributed by atoms with Gasteiger partial charge >= 0.3 is 5.97 Å². The lowest BCUT2D eigenvalue weighted by Crippen LogP contribution is -2.13. The lowest BCUT2D eigenvalue weighted by molar-refractivity contribution is 0.0695. The van der Waals surface area contributed by atoms with E-state index < -0.39 is 5.97 Å². The molecule has 1 aliphatic carbocycles. The molecule has 0 atom stereocenters. The van der Waals surface area contributed by atoms with Crippen LogP contribution < -0.4 is 0 Å². The number of pyridine rings is 1. The van der Waals surface area contributed by atoms with Gasteiger partial charge in [-0.2, -0.15) is 0 Å². The molecule has 1 aliphatic rings. The van der Waals surface area contributed by atoms with E-state index in [-0.39, 0.29) is 17.3 Å². The fourth-order valence-electron chi connectivity index (χ4n) is 3.73. The summed E-state index contributed by atoms with van der Waals surface area (Å²) in [5.41, 5.74) is 2.61. The van der Waals surface area contributed by atoms with Gasteiger partial charge in [-0.3, -0.25) is 4.98 Å². The number of carboxylic acid groups (broad SMARTS) is 1. The minimum atomic E-state index is -0.992. The maximum Gasteiger partial charge on any atom is 0.337 e. The van der Waals surface area contributed by atoms with Crippen molar-refractivity contribution in [2.24, 2.45) is 5.92 Å². The highest BCUT2D eigenvalue weighted by molar-refractivity contribution is 5.91. The number of carbonyl (C=O) groups is 1. The Bertz CT molecular complexity index is 779. The van der Waals surface area contributed by atoms with Gasteiger partial charge in [0.1, 0.15) is 5.82 Å². The van der Waals surface area contributed by atoms with Gasteiger partial charge in [0.2, 0.25) is 0 Å². The fourth-order valence-corrected chi connectivity index (χ4v) is 3.73. The second kappa shape index (κ2) is 7.34. The quantitative estimate of drug-likeness (QED) is 0.787. The zero-order valence-corrected chi connectivity index (χ0v) is 14.8. The topological polar surface area (TPSA) is 50.2 Å². The van der Waals surface area contributed by atoms with Crippen LogP contribution in [0.5, 0.6) is 0 Å². The minimum Gasteiger partial charge on any atom is -0.478 e. The van der Waals surface area contributed by atoms with Gasteiger partial charge < -0.3 is 5.11 Å². The molecule has 0 unspecified atom stereocenters. The van der Waals surface area contributed by atoms with Crippen molar-refractivity contribution in [3.8, 4) is 11.1 Å². The van der Waals surface area contributed by atoms with E-state index in [1.54, 1.807) is 24.3 Å². The summed E-state index contributed by atoms with van der Waals surface area (Å²) in [6.07, 6.45) is 5.37. The number of rotatable bonds is 5. The summed E-state index contributed by atoms with van der Waals surface area (Å²) in [5.74, 6) is -0.760.